The summed E-state index contributed by atoms with van der Waals surface area (Å²) in [6.45, 7) is 6.07. The third kappa shape index (κ3) is 2.04. The SMILES string of the molecule is CCC(C)(C)N(C)[C]=O. The minimum Gasteiger partial charge on any atom is -0.332 e. The average Bonchev–Trinajstić information content (AvgIpc) is 1.86. The number of amides is 1. The van der Waals surface area contributed by atoms with Crippen LogP contribution < -0.4 is 0 Å². The molecule has 0 heterocycles. The molecule has 0 N–H and O–H groups in total. The van der Waals surface area contributed by atoms with E-state index in [4.69, 9.17) is 0 Å². The van der Waals surface area contributed by atoms with Gasteiger partial charge in [-0.2, -0.15) is 0 Å². The molecule has 0 aliphatic carbocycles. The van der Waals surface area contributed by atoms with Gasteiger partial charge in [-0.3, -0.25) is 4.79 Å². The summed E-state index contributed by atoms with van der Waals surface area (Å²) in [5.74, 6) is 0. The highest BCUT2D eigenvalue weighted by Gasteiger charge is 2.19. The summed E-state index contributed by atoms with van der Waals surface area (Å²) in [5, 5.41) is 0. The van der Waals surface area contributed by atoms with Gasteiger partial charge in [0.25, 0.3) is 0 Å². The standard InChI is InChI=1S/C7H14NO/c1-5-7(2,3)8(4)6-9/h5H2,1-4H3. The number of hydrogen-bond acceptors (Lipinski definition) is 1. The second-order valence-electron chi connectivity index (χ2n) is 2.82. The Balaban J connectivity index is 3.95. The van der Waals surface area contributed by atoms with Gasteiger partial charge in [0, 0.05) is 12.6 Å². The van der Waals surface area contributed by atoms with Gasteiger partial charge in [0.2, 0.25) is 0 Å². The normalized spacial score (nSPS) is 11.1. The molecule has 0 bridgehead atoms. The highest BCUT2D eigenvalue weighted by Crippen LogP contribution is 2.13. The van der Waals surface area contributed by atoms with Crippen LogP contribution in [0, 0.1) is 0 Å². The first kappa shape index (κ1) is 8.47. The van der Waals surface area contributed by atoms with E-state index in [1.54, 1.807) is 11.9 Å². The van der Waals surface area contributed by atoms with Crippen LogP contribution in [-0.4, -0.2) is 23.9 Å². The molecule has 0 aliphatic heterocycles. The summed E-state index contributed by atoms with van der Waals surface area (Å²) < 4.78 is 0. The summed E-state index contributed by atoms with van der Waals surface area (Å²) >= 11 is 0. The molecule has 0 fully saturated rings. The van der Waals surface area contributed by atoms with E-state index in [0.717, 1.165) is 6.42 Å². The van der Waals surface area contributed by atoms with Gasteiger partial charge in [-0.1, -0.05) is 6.92 Å². The van der Waals surface area contributed by atoms with Gasteiger partial charge >= 0.3 is 6.41 Å². The van der Waals surface area contributed by atoms with Crippen molar-refractivity contribution in [3.63, 3.8) is 0 Å². The lowest BCUT2D eigenvalue weighted by Gasteiger charge is -2.30. The van der Waals surface area contributed by atoms with Crippen molar-refractivity contribution in [2.75, 3.05) is 7.05 Å². The molecule has 2 nitrogen and oxygen atoms in total. The van der Waals surface area contributed by atoms with Crippen molar-refractivity contribution in [3.8, 4) is 0 Å². The van der Waals surface area contributed by atoms with Crippen molar-refractivity contribution in [3.05, 3.63) is 0 Å². The fraction of sp³-hybridized carbons (Fsp3) is 0.857. The van der Waals surface area contributed by atoms with Crippen molar-refractivity contribution >= 4 is 6.41 Å². The van der Waals surface area contributed by atoms with Gasteiger partial charge in [-0.25, -0.2) is 0 Å². The fourth-order valence-electron chi connectivity index (χ4n) is 0.361. The third-order valence-electron chi connectivity index (χ3n) is 1.91. The summed E-state index contributed by atoms with van der Waals surface area (Å²) in [5.41, 5.74) is -0.0399. The van der Waals surface area contributed by atoms with E-state index >= 15 is 0 Å². The molecular weight excluding hydrogens is 114 g/mol. The predicted octanol–water partition coefficient (Wildman–Crippen LogP) is 1.17. The van der Waals surface area contributed by atoms with Crippen molar-refractivity contribution in [2.24, 2.45) is 0 Å². The first-order valence-corrected chi connectivity index (χ1v) is 3.16. The van der Waals surface area contributed by atoms with Crippen LogP contribution in [0.2, 0.25) is 0 Å². The molecule has 0 aliphatic rings. The fourth-order valence-corrected chi connectivity index (χ4v) is 0.361. The molecule has 2 heteroatoms. The van der Waals surface area contributed by atoms with E-state index in [-0.39, 0.29) is 5.54 Å². The Bertz CT molecular complexity index is 99.1. The van der Waals surface area contributed by atoms with Crippen LogP contribution in [0.25, 0.3) is 0 Å². The quantitative estimate of drug-likeness (QED) is 0.522. The maximum Gasteiger partial charge on any atom is 0.312 e. The summed E-state index contributed by atoms with van der Waals surface area (Å²) in [4.78, 5) is 11.7. The van der Waals surface area contributed by atoms with Crippen LogP contribution in [0.3, 0.4) is 0 Å². The zero-order chi connectivity index (χ0) is 7.49. The number of hydrogen-bond donors (Lipinski definition) is 0. The Hall–Kier alpha value is -0.530. The Labute approximate surface area is 56.9 Å². The molecule has 1 radical (unpaired) electrons. The van der Waals surface area contributed by atoms with E-state index in [2.05, 4.69) is 0 Å². The van der Waals surface area contributed by atoms with Crippen LogP contribution in [0.5, 0.6) is 0 Å². The summed E-state index contributed by atoms with van der Waals surface area (Å²) in [7, 11) is 1.75. The van der Waals surface area contributed by atoms with Crippen LogP contribution in [0.4, 0.5) is 0 Å². The molecule has 0 saturated heterocycles. The Morgan fingerprint density at radius 1 is 1.56 bits per heavy atom. The smallest absolute Gasteiger partial charge is 0.312 e. The van der Waals surface area contributed by atoms with Crippen LogP contribution in [-0.2, 0) is 4.79 Å². The molecular formula is C7H14NO. The zero-order valence-corrected chi connectivity index (χ0v) is 6.56. The average molecular weight is 128 g/mol. The second-order valence-corrected chi connectivity index (χ2v) is 2.82. The molecule has 0 saturated carbocycles. The zero-order valence-electron chi connectivity index (χ0n) is 6.56. The van der Waals surface area contributed by atoms with Gasteiger partial charge < -0.3 is 4.90 Å². The lowest BCUT2D eigenvalue weighted by molar-refractivity contribution is 0.235. The molecule has 0 aromatic heterocycles. The molecule has 0 aromatic carbocycles. The highest BCUT2D eigenvalue weighted by atomic mass is 16.1. The summed E-state index contributed by atoms with van der Waals surface area (Å²) in [6, 6.07) is 0. The first-order chi connectivity index (χ1) is 4.04. The molecule has 0 spiro atoms. The van der Waals surface area contributed by atoms with E-state index in [1.807, 2.05) is 27.2 Å². The first-order valence-electron chi connectivity index (χ1n) is 3.16. The van der Waals surface area contributed by atoms with Crippen LogP contribution >= 0.6 is 0 Å². The number of carbonyl (C=O) groups excluding carboxylic acids is 1. The Kier molecular flexibility index (Phi) is 2.68. The van der Waals surface area contributed by atoms with Crippen molar-refractivity contribution in [1.82, 2.24) is 4.90 Å². The van der Waals surface area contributed by atoms with Gasteiger partial charge in [0.15, 0.2) is 0 Å². The summed E-state index contributed by atoms with van der Waals surface area (Å²) in [6.07, 6.45) is 2.80. The lowest BCUT2D eigenvalue weighted by atomic mass is 10.0. The van der Waals surface area contributed by atoms with Gasteiger partial charge in [0.1, 0.15) is 0 Å². The van der Waals surface area contributed by atoms with Crippen LogP contribution in [0.15, 0.2) is 0 Å². The van der Waals surface area contributed by atoms with E-state index in [9.17, 15) is 4.79 Å². The maximum absolute atomic E-state index is 10.1. The third-order valence-corrected chi connectivity index (χ3v) is 1.91. The van der Waals surface area contributed by atoms with Crippen molar-refractivity contribution in [2.45, 2.75) is 32.7 Å². The topological polar surface area (TPSA) is 20.3 Å². The van der Waals surface area contributed by atoms with Gasteiger partial charge in [0.05, 0.1) is 0 Å². The monoisotopic (exact) mass is 128 g/mol. The number of rotatable bonds is 3. The minimum atomic E-state index is -0.0399. The van der Waals surface area contributed by atoms with Gasteiger partial charge in [-0.15, -0.1) is 0 Å². The van der Waals surface area contributed by atoms with E-state index in [1.165, 1.54) is 0 Å². The minimum absolute atomic E-state index is 0.0399. The Morgan fingerprint density at radius 2 is 2.00 bits per heavy atom. The van der Waals surface area contributed by atoms with Crippen LogP contribution in [0.1, 0.15) is 27.2 Å². The second kappa shape index (κ2) is 2.85. The largest absolute Gasteiger partial charge is 0.332 e. The van der Waals surface area contributed by atoms with Crippen molar-refractivity contribution in [1.29, 1.82) is 0 Å². The molecule has 0 atom stereocenters. The molecule has 0 rings (SSSR count). The van der Waals surface area contributed by atoms with Gasteiger partial charge in [-0.05, 0) is 20.3 Å². The lowest BCUT2D eigenvalue weighted by Crippen LogP contribution is -2.39. The van der Waals surface area contributed by atoms with E-state index < -0.39 is 0 Å². The molecule has 9 heavy (non-hydrogen) atoms. The predicted molar refractivity (Wildman–Crippen MR) is 37.8 cm³/mol. The molecule has 1 amide bonds. The molecule has 0 aromatic rings. The molecule has 53 valence electrons. The maximum atomic E-state index is 10.1. The highest BCUT2D eigenvalue weighted by molar-refractivity contribution is 5.48. The number of nitrogens with zero attached hydrogens (tertiary/aromatic N) is 1. The molecule has 0 unspecified atom stereocenters. The van der Waals surface area contributed by atoms with Crippen molar-refractivity contribution < 1.29 is 4.79 Å². The van der Waals surface area contributed by atoms with E-state index in [0.29, 0.717) is 0 Å². The Morgan fingerprint density at radius 3 is 2.11 bits per heavy atom.